The number of allylic oxidation sites excluding steroid dienone is 1. The third-order valence-electron chi connectivity index (χ3n) is 7.31. The Bertz CT molecular complexity index is 1440. The van der Waals surface area contributed by atoms with Crippen LogP contribution in [-0.4, -0.2) is 75.2 Å². The van der Waals surface area contributed by atoms with Crippen molar-refractivity contribution in [2.24, 2.45) is 17.8 Å². The van der Waals surface area contributed by atoms with Gasteiger partial charge in [0.05, 0.1) is 28.5 Å². The van der Waals surface area contributed by atoms with Gasteiger partial charge in [0.15, 0.2) is 9.84 Å². The number of carbonyl (C=O) groups excluding carboxylic acids is 1. The number of hydrogen-bond acceptors (Lipinski definition) is 6. The van der Waals surface area contributed by atoms with Crippen molar-refractivity contribution in [2.45, 2.75) is 12.6 Å². The predicted octanol–water partition coefficient (Wildman–Crippen LogP) is 4.45. The molecule has 2 unspecified atom stereocenters. The SMILES string of the molecule is C=C(CCN(C)CCF)Nc1cccc2c(C(=C)C(F)(F)F)nc(/C=C/CNC(=O)C3C4CS(=O)(=O)CC43)cc12. The highest BCUT2D eigenvalue weighted by atomic mass is 32.2. The molecule has 7 nitrogen and oxygen atoms in total. The van der Waals surface area contributed by atoms with Gasteiger partial charge in [-0.25, -0.2) is 17.8 Å². The molecule has 2 aliphatic rings. The number of halogens is 4. The summed E-state index contributed by atoms with van der Waals surface area (Å²) in [5, 5.41) is 6.64. The summed E-state index contributed by atoms with van der Waals surface area (Å²) in [6.07, 6.45) is -1.10. The second kappa shape index (κ2) is 11.7. The zero-order valence-corrected chi connectivity index (χ0v) is 22.9. The van der Waals surface area contributed by atoms with Crippen LogP contribution in [0.15, 0.2) is 49.2 Å². The summed E-state index contributed by atoms with van der Waals surface area (Å²) < 4.78 is 76.8. The number of sulfone groups is 1. The molecule has 1 saturated carbocycles. The van der Waals surface area contributed by atoms with E-state index in [9.17, 15) is 30.8 Å². The second-order valence-corrected chi connectivity index (χ2v) is 12.5. The van der Waals surface area contributed by atoms with E-state index in [4.69, 9.17) is 0 Å². The van der Waals surface area contributed by atoms with Gasteiger partial charge in [0, 0.05) is 47.7 Å². The Balaban J connectivity index is 1.52. The molecule has 216 valence electrons. The van der Waals surface area contributed by atoms with Crippen LogP contribution in [0.1, 0.15) is 17.8 Å². The van der Waals surface area contributed by atoms with Crippen LogP contribution in [0.2, 0.25) is 0 Å². The average molecular weight is 581 g/mol. The van der Waals surface area contributed by atoms with Gasteiger partial charge in [-0.3, -0.25) is 4.79 Å². The van der Waals surface area contributed by atoms with Crippen molar-refractivity contribution in [1.29, 1.82) is 0 Å². The number of fused-ring (bicyclic) bond motifs is 2. The Hall–Kier alpha value is -3.25. The lowest BCUT2D eigenvalue weighted by Crippen LogP contribution is -2.28. The van der Waals surface area contributed by atoms with E-state index in [1.54, 1.807) is 31.3 Å². The Kier molecular flexibility index (Phi) is 8.69. The molecule has 1 amide bonds. The molecule has 2 aromatic rings. The molecule has 2 heterocycles. The molecule has 0 radical (unpaired) electrons. The molecular weight excluding hydrogens is 548 g/mol. The van der Waals surface area contributed by atoms with E-state index in [1.807, 2.05) is 4.90 Å². The summed E-state index contributed by atoms with van der Waals surface area (Å²) in [7, 11) is -1.26. The van der Waals surface area contributed by atoms with Crippen molar-refractivity contribution in [1.82, 2.24) is 15.2 Å². The summed E-state index contributed by atoms with van der Waals surface area (Å²) in [4.78, 5) is 18.4. The summed E-state index contributed by atoms with van der Waals surface area (Å²) in [5.41, 5.74) is -0.00654. The summed E-state index contributed by atoms with van der Waals surface area (Å²) >= 11 is 0. The molecule has 4 rings (SSSR count). The number of alkyl halides is 4. The Morgan fingerprint density at radius 2 is 1.88 bits per heavy atom. The summed E-state index contributed by atoms with van der Waals surface area (Å²) in [5.74, 6) is -0.718. The van der Waals surface area contributed by atoms with Crippen LogP contribution in [0.5, 0.6) is 0 Å². The van der Waals surface area contributed by atoms with Gasteiger partial charge in [-0.2, -0.15) is 13.2 Å². The van der Waals surface area contributed by atoms with Crippen molar-refractivity contribution in [2.75, 3.05) is 50.2 Å². The number of carbonyl (C=O) groups is 1. The third-order valence-corrected chi connectivity index (χ3v) is 9.09. The van der Waals surface area contributed by atoms with Gasteiger partial charge in [0.2, 0.25) is 5.91 Å². The van der Waals surface area contributed by atoms with Crippen LogP contribution in [0, 0.1) is 17.8 Å². The largest absolute Gasteiger partial charge is 0.417 e. The Morgan fingerprint density at radius 1 is 1.18 bits per heavy atom. The zero-order valence-electron chi connectivity index (χ0n) is 22.1. The fourth-order valence-corrected chi connectivity index (χ4v) is 7.31. The molecule has 40 heavy (non-hydrogen) atoms. The van der Waals surface area contributed by atoms with E-state index in [0.29, 0.717) is 29.7 Å². The molecule has 1 aliphatic heterocycles. The molecule has 2 atom stereocenters. The fourth-order valence-electron chi connectivity index (χ4n) is 5.09. The molecule has 12 heteroatoms. The first-order chi connectivity index (χ1) is 18.8. The molecule has 0 spiro atoms. The van der Waals surface area contributed by atoms with Crippen molar-refractivity contribution in [3.8, 4) is 0 Å². The van der Waals surface area contributed by atoms with E-state index in [0.717, 1.165) is 0 Å². The highest BCUT2D eigenvalue weighted by Gasteiger charge is 2.61. The Morgan fingerprint density at radius 3 is 2.52 bits per heavy atom. The lowest BCUT2D eigenvalue weighted by molar-refractivity contribution is -0.122. The average Bonchev–Trinajstić information content (AvgIpc) is 3.41. The van der Waals surface area contributed by atoms with Crippen molar-refractivity contribution >= 4 is 43.9 Å². The normalized spacial score (nSPS) is 21.5. The fraction of sp³-hybridized carbons (Fsp3) is 0.429. The van der Waals surface area contributed by atoms with Crippen LogP contribution in [-0.2, 0) is 14.6 Å². The number of nitrogens with zero attached hydrogens (tertiary/aromatic N) is 2. The van der Waals surface area contributed by atoms with Crippen LogP contribution in [0.3, 0.4) is 0 Å². The second-order valence-electron chi connectivity index (χ2n) is 10.3. The molecule has 1 aliphatic carbocycles. The number of aromatic nitrogens is 1. The highest BCUT2D eigenvalue weighted by molar-refractivity contribution is 7.91. The first kappa shape index (κ1) is 29.7. The van der Waals surface area contributed by atoms with Crippen LogP contribution < -0.4 is 10.6 Å². The molecule has 0 bridgehead atoms. The number of rotatable bonds is 12. The van der Waals surface area contributed by atoms with E-state index < -0.39 is 28.3 Å². The van der Waals surface area contributed by atoms with Gasteiger partial charge >= 0.3 is 6.18 Å². The maximum absolute atomic E-state index is 13.7. The predicted molar refractivity (Wildman–Crippen MR) is 149 cm³/mol. The number of nitrogens with one attached hydrogen (secondary N) is 2. The number of anilines is 1. The van der Waals surface area contributed by atoms with Gasteiger partial charge in [-0.1, -0.05) is 31.4 Å². The zero-order chi connectivity index (χ0) is 29.2. The number of benzene rings is 1. The minimum atomic E-state index is -4.69. The van der Waals surface area contributed by atoms with E-state index in [1.165, 1.54) is 12.1 Å². The molecule has 1 aromatic heterocycles. The molecule has 1 saturated heterocycles. The van der Waals surface area contributed by atoms with Gasteiger partial charge in [-0.05, 0) is 43.5 Å². The minimum absolute atomic E-state index is 0.0373. The van der Waals surface area contributed by atoms with Crippen LogP contribution in [0.4, 0.5) is 23.2 Å². The number of amides is 1. The molecule has 1 aromatic carbocycles. The smallest absolute Gasteiger partial charge is 0.359 e. The van der Waals surface area contributed by atoms with Gasteiger partial charge in [0.1, 0.15) is 6.67 Å². The summed E-state index contributed by atoms with van der Waals surface area (Å²) in [6.45, 7) is 7.73. The van der Waals surface area contributed by atoms with Crippen molar-refractivity contribution in [3.63, 3.8) is 0 Å². The molecule has 2 fully saturated rings. The summed E-state index contributed by atoms with van der Waals surface area (Å²) in [6, 6.07) is 6.52. The maximum Gasteiger partial charge on any atom is 0.417 e. The van der Waals surface area contributed by atoms with Gasteiger partial charge < -0.3 is 15.5 Å². The first-order valence-corrected chi connectivity index (χ1v) is 14.7. The number of hydrogen-bond donors (Lipinski definition) is 2. The minimum Gasteiger partial charge on any atom is -0.359 e. The van der Waals surface area contributed by atoms with E-state index in [-0.39, 0.29) is 65.0 Å². The van der Waals surface area contributed by atoms with Gasteiger partial charge in [-0.15, -0.1) is 0 Å². The quantitative estimate of drug-likeness (QED) is 0.361. The molecule has 2 N–H and O–H groups in total. The first-order valence-electron chi connectivity index (χ1n) is 12.8. The third kappa shape index (κ3) is 6.90. The maximum atomic E-state index is 13.7. The number of pyridine rings is 1. The standard InChI is InChI=1S/C28H32F4N4O3S/c1-17(9-12-36(3)13-10-29)34-24-8-4-7-20-21(24)14-19(35-26(20)18(2)28(30,31)32)6-5-11-33-27(37)25-22-15-40(38,39)16-23(22)25/h4-8,14,22-23,25,34H,1-2,9-13,15-16H2,3H3,(H,33,37)/b6-5+. The van der Waals surface area contributed by atoms with Crippen LogP contribution in [0.25, 0.3) is 22.4 Å². The van der Waals surface area contributed by atoms with Crippen molar-refractivity contribution < 1.29 is 30.8 Å². The van der Waals surface area contributed by atoms with Gasteiger partial charge in [0.25, 0.3) is 0 Å². The Labute approximate surface area is 230 Å². The van der Waals surface area contributed by atoms with E-state index in [2.05, 4.69) is 28.8 Å². The van der Waals surface area contributed by atoms with E-state index >= 15 is 0 Å². The molecular formula is C28H32F4N4O3S. The lowest BCUT2D eigenvalue weighted by Gasteiger charge is -2.18. The highest BCUT2D eigenvalue weighted by Crippen LogP contribution is 2.52. The lowest BCUT2D eigenvalue weighted by atomic mass is 10.0. The van der Waals surface area contributed by atoms with Crippen LogP contribution >= 0.6 is 0 Å². The topological polar surface area (TPSA) is 91.4 Å². The monoisotopic (exact) mass is 580 g/mol. The van der Waals surface area contributed by atoms with Crippen molar-refractivity contribution in [3.05, 3.63) is 60.6 Å².